The van der Waals surface area contributed by atoms with Crippen molar-refractivity contribution >= 4 is 55.4 Å². The van der Waals surface area contributed by atoms with Crippen molar-refractivity contribution < 1.29 is 4.79 Å². The van der Waals surface area contributed by atoms with Crippen LogP contribution in [-0.2, 0) is 0 Å². The number of nitrogens with one attached hydrogen (secondary N) is 1. The van der Waals surface area contributed by atoms with E-state index in [0.717, 1.165) is 15.0 Å². The zero-order valence-corrected chi connectivity index (χ0v) is 16.6. The van der Waals surface area contributed by atoms with Crippen molar-refractivity contribution in [3.63, 3.8) is 0 Å². The van der Waals surface area contributed by atoms with Crippen molar-refractivity contribution in [2.75, 3.05) is 5.32 Å². The van der Waals surface area contributed by atoms with E-state index in [0.29, 0.717) is 27.1 Å². The quantitative estimate of drug-likeness (QED) is 0.487. The second kappa shape index (κ2) is 6.79. The molecule has 9 heteroatoms. The highest BCUT2D eigenvalue weighted by Gasteiger charge is 2.17. The van der Waals surface area contributed by atoms with Crippen LogP contribution in [0.3, 0.4) is 0 Å². The van der Waals surface area contributed by atoms with E-state index in [9.17, 15) is 4.79 Å². The summed E-state index contributed by atoms with van der Waals surface area (Å²) in [5.74, 6) is 0.424. The molecule has 0 saturated heterocycles. The van der Waals surface area contributed by atoms with Gasteiger partial charge in [0.1, 0.15) is 5.01 Å². The number of hydrogen-bond acceptors (Lipinski definition) is 5. The molecule has 0 spiro atoms. The van der Waals surface area contributed by atoms with Crippen LogP contribution in [0.4, 0.5) is 5.69 Å². The van der Waals surface area contributed by atoms with E-state index in [1.807, 2.05) is 31.2 Å². The summed E-state index contributed by atoms with van der Waals surface area (Å²) in [4.78, 5) is 13.4. The Kier molecular flexibility index (Phi) is 4.47. The van der Waals surface area contributed by atoms with Gasteiger partial charge in [0, 0.05) is 10.0 Å². The molecule has 0 saturated carbocycles. The smallest absolute Gasteiger partial charge is 0.257 e. The molecule has 0 radical (unpaired) electrons. The molecule has 1 N–H and O–H groups in total. The summed E-state index contributed by atoms with van der Waals surface area (Å²) >= 11 is 10.9. The minimum Gasteiger partial charge on any atom is -0.321 e. The largest absolute Gasteiger partial charge is 0.321 e. The molecule has 0 aliphatic heterocycles. The molecule has 2 aromatic heterocycles. The monoisotopic (exact) mass is 447 g/mol. The van der Waals surface area contributed by atoms with E-state index in [1.165, 1.54) is 11.3 Å². The SMILES string of the molecule is Cc1nnc2sc(-c3ccccc3NC(=O)c3cc(Br)ccc3Cl)nn12. The highest BCUT2D eigenvalue weighted by atomic mass is 79.9. The van der Waals surface area contributed by atoms with E-state index in [1.54, 1.807) is 22.7 Å². The molecule has 4 aromatic rings. The van der Waals surface area contributed by atoms with Crippen molar-refractivity contribution in [2.45, 2.75) is 6.92 Å². The number of carbonyl (C=O) groups excluding carboxylic acids is 1. The molecule has 26 heavy (non-hydrogen) atoms. The lowest BCUT2D eigenvalue weighted by Gasteiger charge is -2.10. The number of aromatic nitrogens is 4. The first-order chi connectivity index (χ1) is 12.5. The van der Waals surface area contributed by atoms with E-state index in [2.05, 4.69) is 36.5 Å². The van der Waals surface area contributed by atoms with E-state index < -0.39 is 0 Å². The van der Waals surface area contributed by atoms with E-state index in [-0.39, 0.29) is 5.91 Å². The van der Waals surface area contributed by atoms with Gasteiger partial charge in [0.25, 0.3) is 5.91 Å². The maximum Gasteiger partial charge on any atom is 0.257 e. The maximum absolute atomic E-state index is 12.7. The number of para-hydroxylation sites is 1. The fourth-order valence-electron chi connectivity index (χ4n) is 2.46. The average molecular weight is 449 g/mol. The molecule has 1 amide bonds. The highest BCUT2D eigenvalue weighted by Crippen LogP contribution is 2.32. The van der Waals surface area contributed by atoms with Gasteiger partial charge in [-0.15, -0.1) is 10.2 Å². The molecule has 0 aliphatic rings. The zero-order chi connectivity index (χ0) is 18.3. The molecule has 0 atom stereocenters. The third-order valence-electron chi connectivity index (χ3n) is 3.73. The minimum atomic E-state index is -0.289. The lowest BCUT2D eigenvalue weighted by Crippen LogP contribution is -2.13. The Morgan fingerprint density at radius 3 is 2.85 bits per heavy atom. The van der Waals surface area contributed by atoms with E-state index in [4.69, 9.17) is 11.6 Å². The van der Waals surface area contributed by atoms with Crippen molar-refractivity contribution in [3.05, 3.63) is 63.3 Å². The van der Waals surface area contributed by atoms with Crippen LogP contribution in [0.1, 0.15) is 16.2 Å². The average Bonchev–Trinajstić information content (AvgIpc) is 3.20. The number of rotatable bonds is 3. The van der Waals surface area contributed by atoms with Gasteiger partial charge in [-0.2, -0.15) is 9.61 Å². The Hall–Kier alpha value is -2.29. The standard InChI is InChI=1S/C17H11BrClN5OS/c1-9-21-22-17-24(9)23-16(26-17)11-4-2-3-5-14(11)20-15(25)12-8-10(18)6-7-13(12)19/h2-8H,1H3,(H,20,25). The van der Waals surface area contributed by atoms with Crippen molar-refractivity contribution in [2.24, 2.45) is 0 Å². The maximum atomic E-state index is 12.7. The number of carbonyl (C=O) groups is 1. The molecule has 130 valence electrons. The Morgan fingerprint density at radius 2 is 2.04 bits per heavy atom. The lowest BCUT2D eigenvalue weighted by molar-refractivity contribution is 0.102. The summed E-state index contributed by atoms with van der Waals surface area (Å²) in [7, 11) is 0. The predicted molar refractivity (Wildman–Crippen MR) is 106 cm³/mol. The van der Waals surface area contributed by atoms with Gasteiger partial charge < -0.3 is 5.32 Å². The third kappa shape index (κ3) is 3.11. The first-order valence-corrected chi connectivity index (χ1v) is 9.56. The van der Waals surface area contributed by atoms with Crippen molar-refractivity contribution in [1.29, 1.82) is 0 Å². The fraction of sp³-hybridized carbons (Fsp3) is 0.0588. The van der Waals surface area contributed by atoms with Gasteiger partial charge in [-0.1, -0.05) is 51.0 Å². The van der Waals surface area contributed by atoms with Crippen LogP contribution in [0, 0.1) is 6.92 Å². The van der Waals surface area contributed by atoms with Crippen LogP contribution in [0.5, 0.6) is 0 Å². The molecule has 6 nitrogen and oxygen atoms in total. The zero-order valence-electron chi connectivity index (χ0n) is 13.4. The molecule has 0 fully saturated rings. The number of benzene rings is 2. The first-order valence-electron chi connectivity index (χ1n) is 7.57. The topological polar surface area (TPSA) is 72.2 Å². The normalized spacial score (nSPS) is 11.0. The molecular formula is C17H11BrClN5OS. The number of halogens is 2. The van der Waals surface area contributed by atoms with Crippen molar-refractivity contribution in [3.8, 4) is 10.6 Å². The summed E-state index contributed by atoms with van der Waals surface area (Å²) in [5.41, 5.74) is 1.85. The van der Waals surface area contributed by atoms with Crippen LogP contribution in [0.2, 0.25) is 5.02 Å². The molecular weight excluding hydrogens is 438 g/mol. The van der Waals surface area contributed by atoms with Gasteiger partial charge >= 0.3 is 0 Å². The molecule has 0 unspecified atom stereocenters. The van der Waals surface area contributed by atoms with Crippen molar-refractivity contribution in [1.82, 2.24) is 19.8 Å². The van der Waals surface area contributed by atoms with Crippen LogP contribution in [0.25, 0.3) is 15.5 Å². The first kappa shape index (κ1) is 17.1. The van der Waals surface area contributed by atoms with Crippen LogP contribution in [-0.4, -0.2) is 25.7 Å². The molecule has 2 aromatic carbocycles. The summed E-state index contributed by atoms with van der Waals surface area (Å²) in [6, 6.07) is 12.6. The second-order valence-corrected chi connectivity index (χ2v) is 7.75. The Bertz CT molecular complexity index is 1140. The van der Waals surface area contributed by atoms with Gasteiger partial charge in [0.15, 0.2) is 5.82 Å². The van der Waals surface area contributed by atoms with Gasteiger partial charge in [0.05, 0.1) is 16.3 Å². The fourth-order valence-corrected chi connectivity index (χ4v) is 3.95. The van der Waals surface area contributed by atoms with Crippen LogP contribution in [0.15, 0.2) is 46.9 Å². The predicted octanol–water partition coefficient (Wildman–Crippen LogP) is 4.83. The number of anilines is 1. The number of fused-ring (bicyclic) bond motifs is 1. The summed E-state index contributed by atoms with van der Waals surface area (Å²) in [5, 5.41) is 16.7. The minimum absolute atomic E-state index is 0.289. The van der Waals surface area contributed by atoms with E-state index >= 15 is 0 Å². The number of hydrogen-bond donors (Lipinski definition) is 1. The summed E-state index contributed by atoms with van der Waals surface area (Å²) < 4.78 is 2.47. The third-order valence-corrected chi connectivity index (χ3v) is 5.48. The molecule has 0 bridgehead atoms. The Balaban J connectivity index is 1.71. The van der Waals surface area contributed by atoms with Crippen LogP contribution < -0.4 is 5.32 Å². The van der Waals surface area contributed by atoms with Gasteiger partial charge in [0.2, 0.25) is 4.96 Å². The summed E-state index contributed by atoms with van der Waals surface area (Å²) in [6.07, 6.45) is 0. The van der Waals surface area contributed by atoms with Crippen LogP contribution >= 0.6 is 38.9 Å². The summed E-state index contributed by atoms with van der Waals surface area (Å²) in [6.45, 7) is 1.84. The van der Waals surface area contributed by atoms with Gasteiger partial charge in [-0.25, -0.2) is 0 Å². The van der Waals surface area contributed by atoms with Gasteiger partial charge in [-0.05, 0) is 37.3 Å². The highest BCUT2D eigenvalue weighted by molar-refractivity contribution is 9.10. The molecule has 4 rings (SSSR count). The Labute approximate surface area is 166 Å². The second-order valence-electron chi connectivity index (χ2n) is 5.47. The lowest BCUT2D eigenvalue weighted by atomic mass is 10.1. The number of amides is 1. The molecule has 2 heterocycles. The van der Waals surface area contributed by atoms with Gasteiger partial charge in [-0.3, -0.25) is 4.79 Å². The molecule has 0 aliphatic carbocycles. The number of nitrogens with zero attached hydrogens (tertiary/aromatic N) is 4. The Morgan fingerprint density at radius 1 is 1.23 bits per heavy atom. The number of aryl methyl sites for hydroxylation is 1.